The number of hydrogen-bond acceptors (Lipinski definition) is 5. The molecule has 0 aliphatic carbocycles. The first-order valence-corrected chi connectivity index (χ1v) is 8.37. The molecule has 0 unspecified atom stereocenters. The van der Waals surface area contributed by atoms with E-state index in [1.807, 2.05) is 49.4 Å². The van der Waals surface area contributed by atoms with Crippen LogP contribution in [0, 0.1) is 6.92 Å². The second kappa shape index (κ2) is 7.48. The number of nitrogens with zero attached hydrogens (tertiary/aromatic N) is 2. The quantitative estimate of drug-likeness (QED) is 0.698. The van der Waals surface area contributed by atoms with Gasteiger partial charge in [-0.15, -0.1) is 0 Å². The van der Waals surface area contributed by atoms with Gasteiger partial charge in [-0.25, -0.2) is 0 Å². The van der Waals surface area contributed by atoms with Crippen LogP contribution in [0.3, 0.4) is 0 Å². The fourth-order valence-electron chi connectivity index (χ4n) is 2.24. The Labute approximate surface area is 153 Å². The van der Waals surface area contributed by atoms with Crippen LogP contribution < -0.4 is 10.1 Å². The molecule has 0 radical (unpaired) electrons. The van der Waals surface area contributed by atoms with Gasteiger partial charge in [0.05, 0.1) is 12.8 Å². The highest BCUT2D eigenvalue weighted by Crippen LogP contribution is 2.24. The van der Waals surface area contributed by atoms with Crippen LogP contribution in [0.1, 0.15) is 11.5 Å². The summed E-state index contributed by atoms with van der Waals surface area (Å²) in [6.45, 7) is 1.98. The van der Waals surface area contributed by atoms with Gasteiger partial charge >= 0.3 is 0 Å². The van der Waals surface area contributed by atoms with Gasteiger partial charge in [0.25, 0.3) is 0 Å². The van der Waals surface area contributed by atoms with Crippen molar-refractivity contribution in [1.29, 1.82) is 0 Å². The minimum absolute atomic E-state index is 0.00344. The number of benzene rings is 2. The third-order valence-electron chi connectivity index (χ3n) is 3.53. The molecule has 0 bridgehead atoms. The number of aryl methyl sites for hydroxylation is 1. The average molecular weight is 402 g/mol. The number of rotatable bonds is 5. The molecule has 1 amide bonds. The first-order chi connectivity index (χ1) is 12.0. The van der Waals surface area contributed by atoms with E-state index in [9.17, 15) is 4.79 Å². The Kier molecular flexibility index (Phi) is 5.14. The summed E-state index contributed by atoms with van der Waals surface area (Å²) < 4.78 is 11.1. The van der Waals surface area contributed by atoms with Crippen molar-refractivity contribution >= 4 is 27.5 Å². The van der Waals surface area contributed by atoms with E-state index in [-0.39, 0.29) is 18.2 Å². The van der Waals surface area contributed by atoms with Crippen LogP contribution in [0.5, 0.6) is 5.75 Å². The summed E-state index contributed by atoms with van der Waals surface area (Å²) in [6, 6.07) is 13.0. The lowest BCUT2D eigenvalue weighted by atomic mass is 10.2. The number of carbonyl (C=O) groups is 1. The summed E-state index contributed by atoms with van der Waals surface area (Å²) in [5.74, 6) is 1.21. The smallest absolute Gasteiger partial charge is 0.236 e. The Morgan fingerprint density at radius 3 is 2.68 bits per heavy atom. The SMILES string of the molecule is COc1ccc(-c2noc(CC(=O)Nc3ccc(C)cc3Br)n2)cc1. The Bertz CT molecular complexity index is 891. The van der Waals surface area contributed by atoms with Crippen LogP contribution in [-0.4, -0.2) is 23.2 Å². The molecule has 0 saturated heterocycles. The fourth-order valence-corrected chi connectivity index (χ4v) is 2.83. The number of nitrogens with one attached hydrogen (secondary N) is 1. The first-order valence-electron chi connectivity index (χ1n) is 7.58. The number of halogens is 1. The number of carbonyl (C=O) groups excluding carboxylic acids is 1. The normalized spacial score (nSPS) is 10.5. The summed E-state index contributed by atoms with van der Waals surface area (Å²) in [5.41, 5.74) is 2.59. The molecule has 2 aromatic carbocycles. The van der Waals surface area contributed by atoms with Gasteiger partial charge in [0.15, 0.2) is 0 Å². The fraction of sp³-hybridized carbons (Fsp3) is 0.167. The number of methoxy groups -OCH3 is 1. The zero-order valence-corrected chi connectivity index (χ0v) is 15.3. The highest BCUT2D eigenvalue weighted by Gasteiger charge is 2.14. The van der Waals surface area contributed by atoms with Crippen molar-refractivity contribution in [2.24, 2.45) is 0 Å². The molecule has 0 spiro atoms. The van der Waals surface area contributed by atoms with Gasteiger partial charge in [-0.2, -0.15) is 4.98 Å². The topological polar surface area (TPSA) is 77.2 Å². The third-order valence-corrected chi connectivity index (χ3v) is 4.18. The lowest BCUT2D eigenvalue weighted by molar-refractivity contribution is -0.115. The van der Waals surface area contributed by atoms with Crippen molar-refractivity contribution in [3.63, 3.8) is 0 Å². The largest absolute Gasteiger partial charge is 0.497 e. The van der Waals surface area contributed by atoms with Crippen LogP contribution in [-0.2, 0) is 11.2 Å². The monoisotopic (exact) mass is 401 g/mol. The minimum atomic E-state index is -0.227. The average Bonchev–Trinajstić information content (AvgIpc) is 3.06. The molecule has 0 fully saturated rings. The van der Waals surface area contributed by atoms with Gasteiger partial charge in [0.2, 0.25) is 17.6 Å². The molecule has 0 atom stereocenters. The molecular formula is C18H16BrN3O3. The number of hydrogen-bond donors (Lipinski definition) is 1. The Morgan fingerprint density at radius 2 is 2.00 bits per heavy atom. The molecule has 1 aromatic heterocycles. The second-order valence-corrected chi connectivity index (χ2v) is 6.30. The lowest BCUT2D eigenvalue weighted by Crippen LogP contribution is -2.15. The van der Waals surface area contributed by atoms with Gasteiger partial charge in [-0.1, -0.05) is 11.2 Å². The number of ether oxygens (including phenoxy) is 1. The standard InChI is InChI=1S/C18H16BrN3O3/c1-11-3-8-15(14(19)9-11)20-16(23)10-17-21-18(22-25-17)12-4-6-13(24-2)7-5-12/h3-9H,10H2,1-2H3,(H,20,23). The molecule has 3 aromatic rings. The lowest BCUT2D eigenvalue weighted by Gasteiger charge is -2.06. The van der Waals surface area contributed by atoms with E-state index < -0.39 is 0 Å². The molecule has 1 heterocycles. The van der Waals surface area contributed by atoms with E-state index in [2.05, 4.69) is 31.4 Å². The van der Waals surface area contributed by atoms with Crippen LogP contribution in [0.15, 0.2) is 51.5 Å². The molecule has 6 nitrogen and oxygen atoms in total. The van der Waals surface area contributed by atoms with Crippen LogP contribution >= 0.6 is 15.9 Å². The molecule has 7 heteroatoms. The molecule has 0 aliphatic rings. The molecule has 3 rings (SSSR count). The van der Waals surface area contributed by atoms with E-state index >= 15 is 0 Å². The predicted octanol–water partition coefficient (Wildman–Crippen LogP) is 4.00. The van der Waals surface area contributed by atoms with Gasteiger partial charge in [-0.05, 0) is 64.8 Å². The van der Waals surface area contributed by atoms with Crippen molar-refractivity contribution in [2.75, 3.05) is 12.4 Å². The number of aromatic nitrogens is 2. The van der Waals surface area contributed by atoms with Crippen molar-refractivity contribution in [1.82, 2.24) is 10.1 Å². The van der Waals surface area contributed by atoms with Crippen LogP contribution in [0.25, 0.3) is 11.4 Å². The van der Waals surface area contributed by atoms with E-state index in [4.69, 9.17) is 9.26 Å². The maximum Gasteiger partial charge on any atom is 0.236 e. The number of amides is 1. The van der Waals surface area contributed by atoms with Gasteiger partial charge in [-0.3, -0.25) is 4.79 Å². The summed E-state index contributed by atoms with van der Waals surface area (Å²) in [4.78, 5) is 16.4. The van der Waals surface area contributed by atoms with Crippen LogP contribution in [0.4, 0.5) is 5.69 Å². The van der Waals surface area contributed by atoms with Crippen molar-refractivity contribution in [3.05, 3.63) is 58.4 Å². The van der Waals surface area contributed by atoms with E-state index in [0.29, 0.717) is 11.5 Å². The Morgan fingerprint density at radius 1 is 1.24 bits per heavy atom. The third kappa shape index (κ3) is 4.24. The summed E-state index contributed by atoms with van der Waals surface area (Å²) in [6.07, 6.45) is 0.00344. The van der Waals surface area contributed by atoms with E-state index in [0.717, 1.165) is 21.3 Å². The summed E-state index contributed by atoms with van der Waals surface area (Å²) in [7, 11) is 1.60. The maximum atomic E-state index is 12.2. The van der Waals surface area contributed by atoms with Crippen molar-refractivity contribution in [3.8, 4) is 17.1 Å². The minimum Gasteiger partial charge on any atom is -0.497 e. The highest BCUT2D eigenvalue weighted by molar-refractivity contribution is 9.10. The molecule has 128 valence electrons. The maximum absolute atomic E-state index is 12.2. The Balaban J connectivity index is 1.67. The van der Waals surface area contributed by atoms with Gasteiger partial charge in [0.1, 0.15) is 12.2 Å². The van der Waals surface area contributed by atoms with Gasteiger partial charge in [0, 0.05) is 10.0 Å². The highest BCUT2D eigenvalue weighted by atomic mass is 79.9. The number of anilines is 1. The molecule has 1 N–H and O–H groups in total. The molecular weight excluding hydrogens is 386 g/mol. The zero-order valence-electron chi connectivity index (χ0n) is 13.7. The zero-order chi connectivity index (χ0) is 17.8. The van der Waals surface area contributed by atoms with E-state index in [1.165, 1.54) is 0 Å². The molecule has 0 aliphatic heterocycles. The predicted molar refractivity (Wildman–Crippen MR) is 97.5 cm³/mol. The molecule has 25 heavy (non-hydrogen) atoms. The summed E-state index contributed by atoms with van der Waals surface area (Å²) in [5, 5.41) is 6.73. The summed E-state index contributed by atoms with van der Waals surface area (Å²) >= 11 is 3.43. The second-order valence-electron chi connectivity index (χ2n) is 5.45. The van der Waals surface area contributed by atoms with Crippen molar-refractivity contribution in [2.45, 2.75) is 13.3 Å². The van der Waals surface area contributed by atoms with Gasteiger partial charge < -0.3 is 14.6 Å². The van der Waals surface area contributed by atoms with Crippen molar-refractivity contribution < 1.29 is 14.1 Å². The molecule has 0 saturated carbocycles. The first kappa shape index (κ1) is 17.2. The van der Waals surface area contributed by atoms with E-state index in [1.54, 1.807) is 7.11 Å². The Hall–Kier alpha value is -2.67. The van der Waals surface area contributed by atoms with Crippen LogP contribution in [0.2, 0.25) is 0 Å².